The van der Waals surface area contributed by atoms with Gasteiger partial charge in [0.2, 0.25) is 0 Å². The summed E-state index contributed by atoms with van der Waals surface area (Å²) in [6, 6.07) is 20.0. The van der Waals surface area contributed by atoms with Crippen molar-refractivity contribution >= 4 is 33.7 Å². The van der Waals surface area contributed by atoms with Crippen LogP contribution in [0.4, 0.5) is 10.8 Å². The van der Waals surface area contributed by atoms with Crippen LogP contribution in [0.3, 0.4) is 0 Å². The number of fused-ring (bicyclic) bond motifs is 1. The highest BCUT2D eigenvalue weighted by molar-refractivity contribution is 7.14. The minimum absolute atomic E-state index is 0.00989. The van der Waals surface area contributed by atoms with E-state index < -0.39 is 0 Å². The number of ketones is 1. The number of anilines is 1. The Morgan fingerprint density at radius 3 is 2.63 bits per heavy atom. The lowest BCUT2D eigenvalue weighted by atomic mass is 9.99. The second kappa shape index (κ2) is 10.6. The molecule has 0 fully saturated rings. The Hall–Kier alpha value is -3.88. The zero-order valence-electron chi connectivity index (χ0n) is 19.0. The summed E-state index contributed by atoms with van der Waals surface area (Å²) < 4.78 is 5.96. The van der Waals surface area contributed by atoms with Gasteiger partial charge in [0.25, 0.3) is 0 Å². The van der Waals surface area contributed by atoms with Crippen LogP contribution in [0.1, 0.15) is 27.9 Å². The van der Waals surface area contributed by atoms with Gasteiger partial charge in [0.15, 0.2) is 10.9 Å². The van der Waals surface area contributed by atoms with Crippen LogP contribution in [0, 0.1) is 0 Å². The predicted octanol–water partition coefficient (Wildman–Crippen LogP) is 4.94. The molecule has 7 nitrogen and oxygen atoms in total. The minimum atomic E-state index is -0.00989. The summed E-state index contributed by atoms with van der Waals surface area (Å²) in [6.07, 6.45) is 2.69. The molecular formula is C27H24N4O3S. The lowest BCUT2D eigenvalue weighted by Crippen LogP contribution is -2.20. The SMILES string of the molecule is O=C1CC(COc2ccc(Cc3ccccc3)cc2)=Nc2c1ccnc2-c1csc(NCCO)n1. The first-order valence-electron chi connectivity index (χ1n) is 11.3. The fraction of sp³-hybridized carbons (Fsp3) is 0.185. The maximum absolute atomic E-state index is 12.8. The number of thiazole rings is 1. The monoisotopic (exact) mass is 484 g/mol. The van der Waals surface area contributed by atoms with Crippen molar-refractivity contribution < 1.29 is 14.6 Å². The van der Waals surface area contributed by atoms with Crippen LogP contribution < -0.4 is 10.1 Å². The van der Waals surface area contributed by atoms with E-state index in [1.165, 1.54) is 22.5 Å². The van der Waals surface area contributed by atoms with Crippen LogP contribution in [-0.4, -0.2) is 46.3 Å². The molecule has 0 spiro atoms. The third-order valence-electron chi connectivity index (χ3n) is 5.57. The summed E-state index contributed by atoms with van der Waals surface area (Å²) in [6.45, 7) is 0.655. The highest BCUT2D eigenvalue weighted by Crippen LogP contribution is 2.36. The van der Waals surface area contributed by atoms with Crippen LogP contribution in [-0.2, 0) is 6.42 Å². The highest BCUT2D eigenvalue weighted by atomic mass is 32.1. The molecule has 35 heavy (non-hydrogen) atoms. The lowest BCUT2D eigenvalue weighted by molar-refractivity contribution is 0.0998. The molecule has 0 aliphatic carbocycles. The first-order valence-corrected chi connectivity index (χ1v) is 12.2. The van der Waals surface area contributed by atoms with Gasteiger partial charge in [0.05, 0.1) is 18.7 Å². The number of ether oxygens (including phenoxy) is 1. The number of carbonyl (C=O) groups is 1. The molecule has 8 heteroatoms. The highest BCUT2D eigenvalue weighted by Gasteiger charge is 2.25. The van der Waals surface area contributed by atoms with E-state index in [4.69, 9.17) is 14.8 Å². The number of aliphatic hydroxyl groups excluding tert-OH is 1. The first-order chi connectivity index (χ1) is 17.2. The molecule has 0 bridgehead atoms. The van der Waals surface area contributed by atoms with E-state index in [9.17, 15) is 4.79 Å². The summed E-state index contributed by atoms with van der Waals surface area (Å²) in [4.78, 5) is 26.6. The molecule has 0 unspecified atom stereocenters. The largest absolute Gasteiger partial charge is 0.488 e. The number of rotatable bonds is 9. The van der Waals surface area contributed by atoms with Crippen molar-refractivity contribution in [2.75, 3.05) is 25.1 Å². The van der Waals surface area contributed by atoms with Crippen molar-refractivity contribution in [3.8, 4) is 17.1 Å². The van der Waals surface area contributed by atoms with Gasteiger partial charge in [0, 0.05) is 23.7 Å². The predicted molar refractivity (Wildman–Crippen MR) is 138 cm³/mol. The maximum Gasteiger partial charge on any atom is 0.183 e. The van der Waals surface area contributed by atoms with Crippen LogP contribution in [0.5, 0.6) is 5.75 Å². The van der Waals surface area contributed by atoms with Crippen LogP contribution in [0.15, 0.2) is 77.2 Å². The van der Waals surface area contributed by atoms with Crippen LogP contribution >= 0.6 is 11.3 Å². The smallest absolute Gasteiger partial charge is 0.183 e. The average Bonchev–Trinajstić information content (AvgIpc) is 3.36. The molecule has 3 heterocycles. The van der Waals surface area contributed by atoms with Gasteiger partial charge in [-0.1, -0.05) is 42.5 Å². The Morgan fingerprint density at radius 2 is 1.83 bits per heavy atom. The maximum atomic E-state index is 12.8. The van der Waals surface area contributed by atoms with Gasteiger partial charge >= 0.3 is 0 Å². The van der Waals surface area contributed by atoms with Crippen molar-refractivity contribution in [1.82, 2.24) is 9.97 Å². The summed E-state index contributed by atoms with van der Waals surface area (Å²) in [7, 11) is 0. The Morgan fingerprint density at radius 1 is 1.03 bits per heavy atom. The molecule has 1 aliphatic heterocycles. The summed E-state index contributed by atoms with van der Waals surface area (Å²) in [5.41, 5.74) is 5.39. The number of aromatic nitrogens is 2. The molecule has 5 rings (SSSR count). The Labute approximate surface area is 207 Å². The second-order valence-corrected chi connectivity index (χ2v) is 8.98. The number of nitrogens with zero attached hydrogens (tertiary/aromatic N) is 3. The second-order valence-electron chi connectivity index (χ2n) is 8.12. The van der Waals surface area contributed by atoms with Crippen molar-refractivity contribution in [1.29, 1.82) is 0 Å². The van der Waals surface area contributed by atoms with Gasteiger partial charge in [0.1, 0.15) is 29.4 Å². The zero-order chi connectivity index (χ0) is 24.0. The Kier molecular flexibility index (Phi) is 6.92. The summed E-state index contributed by atoms with van der Waals surface area (Å²) in [5.74, 6) is 0.720. The minimum Gasteiger partial charge on any atom is -0.488 e. The molecule has 1 aliphatic rings. The van der Waals surface area contributed by atoms with Crippen LogP contribution in [0.25, 0.3) is 11.4 Å². The molecule has 2 aromatic heterocycles. The molecule has 176 valence electrons. The molecule has 4 aromatic rings. The number of nitrogens with one attached hydrogen (secondary N) is 1. The molecule has 0 saturated carbocycles. The topological polar surface area (TPSA) is 96.7 Å². The van der Waals surface area contributed by atoms with Gasteiger partial charge in [-0.3, -0.25) is 14.8 Å². The van der Waals surface area contributed by atoms with Crippen molar-refractivity contribution in [2.24, 2.45) is 4.99 Å². The van der Waals surface area contributed by atoms with Gasteiger partial charge in [-0.15, -0.1) is 11.3 Å². The normalized spacial score (nSPS) is 12.7. The van der Waals surface area contributed by atoms with E-state index in [-0.39, 0.29) is 25.4 Å². The van der Waals surface area contributed by atoms with Gasteiger partial charge in [-0.25, -0.2) is 4.98 Å². The first kappa shape index (κ1) is 22.9. The van der Waals surface area contributed by atoms with Gasteiger partial charge < -0.3 is 15.2 Å². The van der Waals surface area contributed by atoms with Crippen LogP contribution in [0.2, 0.25) is 0 Å². The van der Waals surface area contributed by atoms with E-state index in [1.807, 2.05) is 35.7 Å². The van der Waals surface area contributed by atoms with Crippen molar-refractivity contribution in [2.45, 2.75) is 12.8 Å². The lowest BCUT2D eigenvalue weighted by Gasteiger charge is -2.17. The Bertz CT molecular complexity index is 1350. The summed E-state index contributed by atoms with van der Waals surface area (Å²) in [5, 5.41) is 14.6. The van der Waals surface area contributed by atoms with E-state index in [0.717, 1.165) is 12.2 Å². The quantitative estimate of drug-likeness (QED) is 0.349. The molecule has 0 amide bonds. The molecule has 0 atom stereocenters. The van der Waals surface area contributed by atoms with Gasteiger partial charge in [-0.05, 0) is 35.7 Å². The van der Waals surface area contributed by atoms with E-state index in [2.05, 4.69) is 39.6 Å². The number of hydrogen-bond acceptors (Lipinski definition) is 8. The molecule has 0 saturated heterocycles. The number of pyridine rings is 1. The molecular weight excluding hydrogens is 460 g/mol. The van der Waals surface area contributed by atoms with Crippen molar-refractivity contribution in [3.05, 3.63) is 88.9 Å². The molecule has 2 N–H and O–H groups in total. The number of benzene rings is 2. The zero-order valence-corrected chi connectivity index (χ0v) is 19.8. The molecule has 0 radical (unpaired) electrons. The standard InChI is InChI=1S/C27H24N4O3S/c32-13-12-29-27-31-23(17-35-27)26-25-22(10-11-28-26)24(33)15-20(30-25)16-34-21-8-6-19(7-9-21)14-18-4-2-1-3-5-18/h1-11,17,32H,12-16H2,(H,29,31). The molecule has 2 aromatic carbocycles. The van der Waals surface area contributed by atoms with Gasteiger partial charge in [-0.2, -0.15) is 0 Å². The average molecular weight is 485 g/mol. The third-order valence-corrected chi connectivity index (χ3v) is 6.37. The summed E-state index contributed by atoms with van der Waals surface area (Å²) >= 11 is 1.41. The number of hydrogen-bond donors (Lipinski definition) is 2. The fourth-order valence-electron chi connectivity index (χ4n) is 3.87. The van der Waals surface area contributed by atoms with Crippen molar-refractivity contribution in [3.63, 3.8) is 0 Å². The number of aliphatic hydroxyl groups is 1. The number of carbonyl (C=O) groups excluding carboxylic acids is 1. The number of Topliss-reactive ketones (excluding diaryl/α,β-unsaturated/α-hetero) is 1. The number of aliphatic imine (C=N–C) groups is 1. The Balaban J connectivity index is 1.30. The van der Waals surface area contributed by atoms with E-state index in [1.54, 1.807) is 12.3 Å². The van der Waals surface area contributed by atoms with E-state index >= 15 is 0 Å². The van der Waals surface area contributed by atoms with E-state index in [0.29, 0.717) is 40.0 Å². The third kappa shape index (κ3) is 5.45. The fourth-order valence-corrected chi connectivity index (χ4v) is 4.59.